The highest BCUT2D eigenvalue weighted by molar-refractivity contribution is 7.98. The number of ether oxygens (including phenoxy) is 3. The van der Waals surface area contributed by atoms with Crippen LogP contribution in [0, 0.1) is 5.92 Å². The molecule has 2 atom stereocenters. The lowest BCUT2D eigenvalue weighted by atomic mass is 9.81. The molecule has 4 rings (SSSR count). The third kappa shape index (κ3) is 6.09. The monoisotopic (exact) mass is 491 g/mol. The Balaban J connectivity index is 1.45. The van der Waals surface area contributed by atoms with Crippen LogP contribution in [-0.4, -0.2) is 51.6 Å². The van der Waals surface area contributed by atoms with Crippen molar-refractivity contribution >= 4 is 27.7 Å². The van der Waals surface area contributed by atoms with Gasteiger partial charge in [0.15, 0.2) is 15.6 Å². The molecule has 1 saturated carbocycles. The van der Waals surface area contributed by atoms with Crippen molar-refractivity contribution in [3.8, 4) is 0 Å². The topological polar surface area (TPSA) is 90.9 Å². The van der Waals surface area contributed by atoms with E-state index < -0.39 is 21.7 Å². The molecule has 2 aromatic carbocycles. The van der Waals surface area contributed by atoms with Crippen LogP contribution in [0.5, 0.6) is 0 Å². The number of hydrogen-bond acceptors (Lipinski definition) is 7. The van der Waals surface area contributed by atoms with Crippen LogP contribution >= 0.6 is 11.8 Å². The minimum absolute atomic E-state index is 0.107. The van der Waals surface area contributed by atoms with Crippen LogP contribution < -0.4 is 5.32 Å². The molecule has 1 saturated heterocycles. The molecule has 2 fully saturated rings. The molecule has 7 nitrogen and oxygen atoms in total. The van der Waals surface area contributed by atoms with Gasteiger partial charge in [0, 0.05) is 23.8 Å². The summed E-state index contributed by atoms with van der Waals surface area (Å²) in [5, 5.41) is 2.90. The third-order valence-corrected chi connectivity index (χ3v) is 8.76. The standard InChI is InChI=1S/C24H29NO6S2/c1-32-20-7-9-21(10-8-20)33(27,28)17-19-15-24(30-13-14-31-24)12-11-22(19)25-23(26)29-16-18-5-3-2-4-6-18/h2-10,19,22H,11-17H2,1H3,(H,25,26)/t19-,22-/m0/s1. The van der Waals surface area contributed by atoms with E-state index >= 15 is 0 Å². The lowest BCUT2D eigenvalue weighted by Gasteiger charge is -2.41. The van der Waals surface area contributed by atoms with Crippen molar-refractivity contribution in [1.82, 2.24) is 5.32 Å². The number of sulfone groups is 1. The molecule has 9 heteroatoms. The highest BCUT2D eigenvalue weighted by Crippen LogP contribution is 2.40. The van der Waals surface area contributed by atoms with Gasteiger partial charge >= 0.3 is 6.09 Å². The lowest BCUT2D eigenvalue weighted by molar-refractivity contribution is -0.188. The predicted octanol–water partition coefficient (Wildman–Crippen LogP) is 4.02. The maximum atomic E-state index is 13.2. The van der Waals surface area contributed by atoms with Crippen molar-refractivity contribution in [3.05, 3.63) is 60.2 Å². The molecule has 1 N–H and O–H groups in total. The van der Waals surface area contributed by atoms with Gasteiger partial charge in [-0.1, -0.05) is 30.3 Å². The van der Waals surface area contributed by atoms with E-state index in [-0.39, 0.29) is 29.2 Å². The Kier molecular flexibility index (Phi) is 7.63. The van der Waals surface area contributed by atoms with Crippen LogP contribution in [0.1, 0.15) is 24.8 Å². The van der Waals surface area contributed by atoms with Crippen molar-refractivity contribution in [2.24, 2.45) is 5.92 Å². The molecule has 1 spiro atoms. The number of benzene rings is 2. The van der Waals surface area contributed by atoms with Crippen LogP contribution in [0.15, 0.2) is 64.4 Å². The fraction of sp³-hybridized carbons (Fsp3) is 0.458. The average Bonchev–Trinajstić information content (AvgIpc) is 3.28. The van der Waals surface area contributed by atoms with E-state index in [1.165, 1.54) is 0 Å². The highest BCUT2D eigenvalue weighted by atomic mass is 32.2. The van der Waals surface area contributed by atoms with E-state index in [0.717, 1.165) is 10.5 Å². The van der Waals surface area contributed by atoms with E-state index in [0.29, 0.717) is 32.5 Å². The molecule has 2 aliphatic rings. The van der Waals surface area contributed by atoms with Crippen LogP contribution in [-0.2, 0) is 30.7 Å². The molecule has 178 valence electrons. The van der Waals surface area contributed by atoms with Crippen LogP contribution in [0.2, 0.25) is 0 Å². The summed E-state index contributed by atoms with van der Waals surface area (Å²) >= 11 is 1.56. The van der Waals surface area contributed by atoms with Crippen LogP contribution in [0.3, 0.4) is 0 Å². The fourth-order valence-corrected chi connectivity index (χ4v) is 6.52. The molecule has 0 radical (unpaired) electrons. The summed E-state index contributed by atoms with van der Waals surface area (Å²) in [5.41, 5.74) is 0.885. The van der Waals surface area contributed by atoms with Gasteiger partial charge in [-0.15, -0.1) is 11.8 Å². The van der Waals surface area contributed by atoms with Gasteiger partial charge < -0.3 is 19.5 Å². The predicted molar refractivity (Wildman–Crippen MR) is 126 cm³/mol. The van der Waals surface area contributed by atoms with Crippen molar-refractivity contribution in [3.63, 3.8) is 0 Å². The Hall–Kier alpha value is -2.07. The van der Waals surface area contributed by atoms with E-state index in [4.69, 9.17) is 14.2 Å². The Labute approximate surface area is 199 Å². The zero-order valence-corrected chi connectivity index (χ0v) is 20.2. The quantitative estimate of drug-likeness (QED) is 0.585. The Morgan fingerprint density at radius 2 is 1.82 bits per heavy atom. The number of rotatable bonds is 7. The van der Waals surface area contributed by atoms with Gasteiger partial charge in [-0.2, -0.15) is 0 Å². The largest absolute Gasteiger partial charge is 0.445 e. The summed E-state index contributed by atoms with van der Waals surface area (Å²) in [7, 11) is -3.57. The summed E-state index contributed by atoms with van der Waals surface area (Å²) in [6.45, 7) is 1.14. The number of alkyl carbamates (subject to hydrolysis) is 1. The van der Waals surface area contributed by atoms with Crippen LogP contribution in [0.4, 0.5) is 4.79 Å². The summed E-state index contributed by atoms with van der Waals surface area (Å²) < 4.78 is 43.5. The van der Waals surface area contributed by atoms with Gasteiger partial charge in [-0.05, 0) is 48.4 Å². The summed E-state index contributed by atoms with van der Waals surface area (Å²) in [4.78, 5) is 13.8. The second-order valence-electron chi connectivity index (χ2n) is 8.38. The van der Waals surface area contributed by atoms with Crippen molar-refractivity contribution in [1.29, 1.82) is 0 Å². The molecular weight excluding hydrogens is 462 g/mol. The molecule has 1 aliphatic carbocycles. The molecule has 1 heterocycles. The second-order valence-corrected chi connectivity index (χ2v) is 11.3. The zero-order valence-electron chi connectivity index (χ0n) is 18.6. The van der Waals surface area contributed by atoms with Gasteiger partial charge in [0.2, 0.25) is 0 Å². The first-order valence-corrected chi connectivity index (χ1v) is 13.9. The smallest absolute Gasteiger partial charge is 0.407 e. The number of carbonyl (C=O) groups excluding carboxylic acids is 1. The molecule has 33 heavy (non-hydrogen) atoms. The van der Waals surface area contributed by atoms with Gasteiger partial charge in [0.05, 0.1) is 23.9 Å². The number of carbonyl (C=O) groups is 1. The Bertz CT molecular complexity index is 1040. The number of nitrogens with one attached hydrogen (secondary N) is 1. The van der Waals surface area contributed by atoms with Crippen molar-refractivity contribution in [2.45, 2.75) is 47.5 Å². The van der Waals surface area contributed by atoms with Crippen molar-refractivity contribution < 1.29 is 27.4 Å². The first-order valence-electron chi connectivity index (χ1n) is 11.0. The molecule has 1 aliphatic heterocycles. The number of thioether (sulfide) groups is 1. The molecule has 2 aromatic rings. The van der Waals surface area contributed by atoms with Crippen LogP contribution in [0.25, 0.3) is 0 Å². The number of amides is 1. The van der Waals surface area contributed by atoms with Gasteiger partial charge in [-0.3, -0.25) is 0 Å². The third-order valence-electron chi connectivity index (χ3n) is 6.16. The first-order chi connectivity index (χ1) is 15.9. The van der Waals surface area contributed by atoms with Gasteiger partial charge in [-0.25, -0.2) is 13.2 Å². The average molecular weight is 492 g/mol. The SMILES string of the molecule is CSc1ccc(S(=O)(=O)C[C@@H]2CC3(CC[C@@H]2NC(=O)OCc2ccccc2)OCCO3)cc1. The fourth-order valence-electron chi connectivity index (χ4n) is 4.46. The maximum Gasteiger partial charge on any atom is 0.407 e. The van der Waals surface area contributed by atoms with Gasteiger partial charge in [0.25, 0.3) is 0 Å². The zero-order chi connectivity index (χ0) is 23.3. The summed E-state index contributed by atoms with van der Waals surface area (Å²) in [6.07, 6.45) is 2.93. The summed E-state index contributed by atoms with van der Waals surface area (Å²) in [6, 6.07) is 15.9. The normalized spacial score (nSPS) is 22.2. The lowest BCUT2D eigenvalue weighted by Crippen LogP contribution is -2.51. The Morgan fingerprint density at radius 3 is 2.48 bits per heavy atom. The second kappa shape index (κ2) is 10.5. The maximum absolute atomic E-state index is 13.2. The minimum Gasteiger partial charge on any atom is -0.445 e. The molecule has 0 bridgehead atoms. The van der Waals surface area contributed by atoms with Gasteiger partial charge in [0.1, 0.15) is 6.61 Å². The summed E-state index contributed by atoms with van der Waals surface area (Å²) in [5.74, 6) is -1.25. The highest BCUT2D eigenvalue weighted by Gasteiger charge is 2.46. The molecular formula is C24H29NO6S2. The Morgan fingerprint density at radius 1 is 1.12 bits per heavy atom. The van der Waals surface area contributed by atoms with E-state index in [9.17, 15) is 13.2 Å². The first kappa shape index (κ1) is 24.1. The molecule has 0 unspecified atom stereocenters. The van der Waals surface area contributed by atoms with Crippen molar-refractivity contribution in [2.75, 3.05) is 25.2 Å². The molecule has 1 amide bonds. The van der Waals surface area contributed by atoms with E-state index in [1.807, 2.05) is 36.6 Å². The minimum atomic E-state index is -3.57. The molecule has 0 aromatic heterocycles. The van der Waals surface area contributed by atoms with E-state index in [1.54, 1.807) is 36.0 Å². The number of hydrogen-bond donors (Lipinski definition) is 1. The van der Waals surface area contributed by atoms with E-state index in [2.05, 4.69) is 5.32 Å².